The lowest BCUT2D eigenvalue weighted by molar-refractivity contribution is 0.407. The first-order valence-electron chi connectivity index (χ1n) is 4.97. The Bertz CT molecular complexity index is 402. The molecule has 0 aliphatic carbocycles. The van der Waals surface area contributed by atoms with E-state index in [0.29, 0.717) is 5.41 Å². The summed E-state index contributed by atoms with van der Waals surface area (Å²) < 4.78 is 2.07. The lowest BCUT2D eigenvalue weighted by atomic mass is 9.91. The van der Waals surface area contributed by atoms with Gasteiger partial charge in [-0.15, -0.1) is 0 Å². The maximum atomic E-state index is 4.56. The van der Waals surface area contributed by atoms with E-state index in [4.69, 9.17) is 0 Å². The van der Waals surface area contributed by atoms with Gasteiger partial charge in [0.1, 0.15) is 5.65 Å². The van der Waals surface area contributed by atoms with Crippen molar-refractivity contribution in [3.05, 3.63) is 36.3 Å². The minimum atomic E-state index is 0.304. The summed E-state index contributed by atoms with van der Waals surface area (Å²) in [6.45, 7) is 6.70. The molecule has 0 aromatic carbocycles. The Morgan fingerprint density at radius 1 is 1.29 bits per heavy atom. The van der Waals surface area contributed by atoms with Crippen LogP contribution in [-0.2, 0) is 6.42 Å². The van der Waals surface area contributed by atoms with E-state index >= 15 is 0 Å². The van der Waals surface area contributed by atoms with Gasteiger partial charge in [0, 0.05) is 12.4 Å². The van der Waals surface area contributed by atoms with E-state index in [1.165, 1.54) is 5.69 Å². The Labute approximate surface area is 84.6 Å². The molecule has 0 saturated carbocycles. The van der Waals surface area contributed by atoms with Gasteiger partial charge in [-0.05, 0) is 24.0 Å². The Balaban J connectivity index is 2.36. The zero-order chi connectivity index (χ0) is 10.2. The van der Waals surface area contributed by atoms with Gasteiger partial charge in [0.05, 0.1) is 5.69 Å². The van der Waals surface area contributed by atoms with Gasteiger partial charge in [0.2, 0.25) is 0 Å². The van der Waals surface area contributed by atoms with Crippen molar-refractivity contribution in [3.8, 4) is 0 Å². The van der Waals surface area contributed by atoms with Gasteiger partial charge in [-0.1, -0.05) is 26.8 Å². The van der Waals surface area contributed by atoms with Crippen LogP contribution in [0.4, 0.5) is 0 Å². The molecule has 2 heterocycles. The maximum Gasteiger partial charge on any atom is 0.136 e. The molecule has 0 radical (unpaired) electrons. The average molecular weight is 188 g/mol. The average Bonchev–Trinajstić information content (AvgIpc) is 2.42. The first-order chi connectivity index (χ1) is 6.54. The molecule has 2 nitrogen and oxygen atoms in total. The van der Waals surface area contributed by atoms with Gasteiger partial charge in [-0.3, -0.25) is 0 Å². The number of hydrogen-bond donors (Lipinski definition) is 0. The molecule has 0 N–H and O–H groups in total. The summed E-state index contributed by atoms with van der Waals surface area (Å²) in [4.78, 5) is 4.56. The zero-order valence-electron chi connectivity index (χ0n) is 8.99. The van der Waals surface area contributed by atoms with E-state index in [0.717, 1.165) is 12.1 Å². The second-order valence-corrected chi connectivity index (χ2v) is 4.94. The van der Waals surface area contributed by atoms with Gasteiger partial charge in [-0.2, -0.15) is 0 Å². The Kier molecular flexibility index (Phi) is 2.06. The van der Waals surface area contributed by atoms with Crippen molar-refractivity contribution in [2.24, 2.45) is 5.41 Å². The van der Waals surface area contributed by atoms with Crippen molar-refractivity contribution < 1.29 is 0 Å². The summed E-state index contributed by atoms with van der Waals surface area (Å²) in [5, 5.41) is 0. The van der Waals surface area contributed by atoms with Crippen molar-refractivity contribution in [1.29, 1.82) is 0 Å². The predicted molar refractivity (Wildman–Crippen MR) is 58.4 cm³/mol. The highest BCUT2D eigenvalue weighted by molar-refractivity contribution is 5.39. The first kappa shape index (κ1) is 9.25. The maximum absolute atomic E-state index is 4.56. The van der Waals surface area contributed by atoms with Crippen molar-refractivity contribution in [1.82, 2.24) is 9.38 Å². The minimum Gasteiger partial charge on any atom is -0.307 e. The third kappa shape index (κ3) is 1.95. The lowest BCUT2D eigenvalue weighted by Crippen LogP contribution is -2.09. The van der Waals surface area contributed by atoms with E-state index in [1.54, 1.807) is 0 Å². The van der Waals surface area contributed by atoms with Crippen LogP contribution >= 0.6 is 0 Å². The van der Waals surface area contributed by atoms with Crippen molar-refractivity contribution in [2.45, 2.75) is 27.2 Å². The monoisotopic (exact) mass is 188 g/mol. The van der Waals surface area contributed by atoms with Crippen LogP contribution < -0.4 is 0 Å². The van der Waals surface area contributed by atoms with Gasteiger partial charge in [-0.25, -0.2) is 4.98 Å². The van der Waals surface area contributed by atoms with Gasteiger partial charge < -0.3 is 4.40 Å². The topological polar surface area (TPSA) is 17.3 Å². The van der Waals surface area contributed by atoms with E-state index in [9.17, 15) is 0 Å². The number of hydrogen-bond acceptors (Lipinski definition) is 1. The third-order valence-corrected chi connectivity index (χ3v) is 2.13. The molecule has 0 amide bonds. The van der Waals surface area contributed by atoms with Gasteiger partial charge in [0.15, 0.2) is 0 Å². The molecular weight excluding hydrogens is 172 g/mol. The summed E-state index contributed by atoms with van der Waals surface area (Å²) in [7, 11) is 0. The number of imidazole rings is 1. The van der Waals surface area contributed by atoms with Gasteiger partial charge in [0.25, 0.3) is 0 Å². The summed E-state index contributed by atoms with van der Waals surface area (Å²) in [6, 6.07) is 6.07. The number of aromatic nitrogens is 2. The second-order valence-electron chi connectivity index (χ2n) is 4.94. The predicted octanol–water partition coefficient (Wildman–Crippen LogP) is 2.92. The van der Waals surface area contributed by atoms with E-state index in [-0.39, 0.29) is 0 Å². The molecule has 0 aliphatic heterocycles. The highest BCUT2D eigenvalue weighted by Gasteiger charge is 2.13. The van der Waals surface area contributed by atoms with Crippen LogP contribution in [0.15, 0.2) is 30.6 Å². The minimum absolute atomic E-state index is 0.304. The van der Waals surface area contributed by atoms with Crippen LogP contribution in [0.1, 0.15) is 26.5 Å². The first-order valence-corrected chi connectivity index (χ1v) is 4.97. The number of fused-ring (bicyclic) bond motifs is 1. The molecule has 2 rings (SSSR count). The highest BCUT2D eigenvalue weighted by Crippen LogP contribution is 2.20. The molecule has 0 bridgehead atoms. The summed E-state index contributed by atoms with van der Waals surface area (Å²) >= 11 is 0. The molecule has 0 saturated heterocycles. The second kappa shape index (κ2) is 3.12. The fourth-order valence-corrected chi connectivity index (χ4v) is 1.62. The fraction of sp³-hybridized carbons (Fsp3) is 0.417. The van der Waals surface area contributed by atoms with Crippen LogP contribution in [-0.4, -0.2) is 9.38 Å². The molecule has 0 aliphatic rings. The van der Waals surface area contributed by atoms with Crippen LogP contribution in [0, 0.1) is 5.41 Å². The van der Waals surface area contributed by atoms with Crippen LogP contribution in [0.2, 0.25) is 0 Å². The molecule has 0 unspecified atom stereocenters. The molecule has 0 atom stereocenters. The molecule has 14 heavy (non-hydrogen) atoms. The van der Waals surface area contributed by atoms with Crippen molar-refractivity contribution in [2.75, 3.05) is 0 Å². The van der Waals surface area contributed by atoms with Crippen molar-refractivity contribution >= 4 is 5.65 Å². The molecule has 0 fully saturated rings. The van der Waals surface area contributed by atoms with E-state index in [2.05, 4.69) is 36.4 Å². The lowest BCUT2D eigenvalue weighted by Gasteiger charge is -2.15. The molecule has 2 aromatic rings. The molecule has 2 aromatic heterocycles. The summed E-state index contributed by atoms with van der Waals surface area (Å²) in [5.74, 6) is 0. The number of nitrogens with zero attached hydrogens (tertiary/aromatic N) is 2. The largest absolute Gasteiger partial charge is 0.307 e. The number of pyridine rings is 1. The fourth-order valence-electron chi connectivity index (χ4n) is 1.62. The van der Waals surface area contributed by atoms with Gasteiger partial charge >= 0.3 is 0 Å². The van der Waals surface area contributed by atoms with Crippen LogP contribution in [0.25, 0.3) is 5.65 Å². The van der Waals surface area contributed by atoms with Crippen LogP contribution in [0.3, 0.4) is 0 Å². The van der Waals surface area contributed by atoms with Crippen molar-refractivity contribution in [3.63, 3.8) is 0 Å². The highest BCUT2D eigenvalue weighted by atomic mass is 15.0. The molecule has 74 valence electrons. The Morgan fingerprint density at radius 3 is 2.71 bits per heavy atom. The molecule has 0 spiro atoms. The summed E-state index contributed by atoms with van der Waals surface area (Å²) in [6.07, 6.45) is 5.17. The van der Waals surface area contributed by atoms with E-state index in [1.807, 2.05) is 24.4 Å². The SMILES string of the molecule is CC(C)(C)Cc1cn2ccccc2n1. The zero-order valence-corrected chi connectivity index (χ0v) is 8.99. The van der Waals surface area contributed by atoms with Crippen LogP contribution in [0.5, 0.6) is 0 Å². The Morgan fingerprint density at radius 2 is 2.07 bits per heavy atom. The third-order valence-electron chi connectivity index (χ3n) is 2.13. The molecular formula is C12H16N2. The smallest absolute Gasteiger partial charge is 0.136 e. The standard InChI is InChI=1S/C12H16N2/c1-12(2,3)8-10-9-14-7-5-4-6-11(14)13-10/h4-7,9H,8H2,1-3H3. The molecule has 2 heteroatoms. The normalized spacial score (nSPS) is 12.2. The quantitative estimate of drug-likeness (QED) is 0.672. The Hall–Kier alpha value is -1.31. The summed E-state index contributed by atoms with van der Waals surface area (Å²) in [5.41, 5.74) is 2.51. The number of rotatable bonds is 1. The van der Waals surface area contributed by atoms with E-state index < -0.39 is 0 Å².